The normalized spacial score (nSPS) is 10.4. The van der Waals surface area contributed by atoms with Crippen molar-refractivity contribution in [1.29, 1.82) is 0 Å². The number of aliphatic hydroxyl groups is 2. The second-order valence-electron chi connectivity index (χ2n) is 19.0. The molecule has 5 aromatic carbocycles. The Morgan fingerprint density at radius 2 is 0.849 bits per heavy atom. The van der Waals surface area contributed by atoms with Gasteiger partial charge in [-0.05, 0) is 127 Å². The van der Waals surface area contributed by atoms with Crippen LogP contribution in [0.5, 0.6) is 0 Å². The quantitative estimate of drug-likeness (QED) is 0.00418. The van der Waals surface area contributed by atoms with E-state index in [4.69, 9.17) is 20.7 Å². The Morgan fingerprint density at radius 1 is 0.527 bits per heavy atom. The van der Waals surface area contributed by atoms with Crippen LogP contribution in [0.3, 0.4) is 0 Å². The fourth-order valence-electron chi connectivity index (χ4n) is 7.26. The van der Waals surface area contributed by atoms with E-state index in [1.807, 2.05) is 79.0 Å². The van der Waals surface area contributed by atoms with Gasteiger partial charge in [-0.25, -0.2) is 34.1 Å². The Kier molecular flexibility index (Phi) is 49.2. The van der Waals surface area contributed by atoms with E-state index in [1.165, 1.54) is 67.5 Å². The Hall–Kier alpha value is -7.78. The van der Waals surface area contributed by atoms with Crippen LogP contribution in [-0.4, -0.2) is 102 Å². The van der Waals surface area contributed by atoms with Crippen molar-refractivity contribution in [2.24, 2.45) is 5.73 Å². The van der Waals surface area contributed by atoms with Gasteiger partial charge in [-0.3, -0.25) is 0 Å². The van der Waals surface area contributed by atoms with Crippen molar-refractivity contribution in [1.82, 2.24) is 15.0 Å². The summed E-state index contributed by atoms with van der Waals surface area (Å²) in [4.78, 5) is 79.5. The second kappa shape index (κ2) is 53.7. The number of ether oxygens (including phenoxy) is 3. The van der Waals surface area contributed by atoms with E-state index in [-0.39, 0.29) is 49.0 Å². The molecule has 0 bridgehead atoms. The number of nitrogens with two attached hydrogens (primary N) is 1. The summed E-state index contributed by atoms with van der Waals surface area (Å²) in [5, 5.41) is 29.5. The maximum Gasteiger partial charge on any atom is 1.00 e. The number of aliphatic carboxylic acids is 1. The Labute approximate surface area is 583 Å². The summed E-state index contributed by atoms with van der Waals surface area (Å²) in [7, 11) is 0. The van der Waals surface area contributed by atoms with Crippen LogP contribution in [-0.2, 0) is 94.3 Å². The number of benzene rings is 5. The average molecular weight is 1400 g/mol. The molecule has 8 aromatic rings. The molecule has 0 aliphatic heterocycles. The molecule has 0 fully saturated rings. The molecule has 0 aliphatic carbocycles. The van der Waals surface area contributed by atoms with E-state index < -0.39 is 35.4 Å². The third-order valence-corrected chi connectivity index (χ3v) is 15.2. The van der Waals surface area contributed by atoms with Gasteiger partial charge in [0, 0.05) is 51.8 Å². The maximum atomic E-state index is 11.3. The number of thiocarbonyl (C=S) groups is 1. The number of carbonyl (C=O) groups is 6. The number of carbonyl (C=O) groups excluding carboxylic acids is 5. The molecule has 0 saturated heterocycles. The smallest absolute Gasteiger partial charge is 0.870 e. The summed E-state index contributed by atoms with van der Waals surface area (Å²) in [6, 6.07) is 51.3. The minimum Gasteiger partial charge on any atom is -0.870 e. The predicted molar refractivity (Wildman–Crippen MR) is 375 cm³/mol. The van der Waals surface area contributed by atoms with Crippen LogP contribution >= 0.6 is 62.2 Å². The van der Waals surface area contributed by atoms with E-state index in [0.29, 0.717) is 21.4 Å². The van der Waals surface area contributed by atoms with Crippen LogP contribution in [0.15, 0.2) is 182 Å². The Balaban J connectivity index is 0.00000109. The molecule has 6 N–H and O–H groups in total. The number of aryl methyl sites for hydroxylation is 9. The number of hydrogen-bond acceptors (Lipinski definition) is 19. The second-order valence-corrected chi connectivity index (χ2v) is 24.4. The van der Waals surface area contributed by atoms with Gasteiger partial charge in [0.1, 0.15) is 22.6 Å². The number of aldehydes is 2. The van der Waals surface area contributed by atoms with Crippen molar-refractivity contribution in [3.63, 3.8) is 0 Å². The summed E-state index contributed by atoms with van der Waals surface area (Å²) < 4.78 is 13.4. The van der Waals surface area contributed by atoms with E-state index in [1.54, 1.807) is 51.4 Å². The van der Waals surface area contributed by atoms with E-state index >= 15 is 0 Å². The Bertz CT molecular complexity index is 3360. The van der Waals surface area contributed by atoms with E-state index in [2.05, 4.69) is 138 Å². The fraction of sp³-hybridized carbons (Fsp3) is 0.286. The van der Waals surface area contributed by atoms with Crippen LogP contribution in [0, 0.1) is 6.92 Å². The zero-order valence-electron chi connectivity index (χ0n) is 53.3. The third-order valence-electron chi connectivity index (χ3n) is 11.6. The third kappa shape index (κ3) is 42.9. The fourth-order valence-corrected chi connectivity index (χ4v) is 9.99. The van der Waals surface area contributed by atoms with Gasteiger partial charge in [0.2, 0.25) is 11.5 Å². The molecule has 0 saturated carbocycles. The molecule has 23 heteroatoms. The molecule has 17 nitrogen and oxygen atoms in total. The largest absolute Gasteiger partial charge is 1.00 e. The van der Waals surface area contributed by atoms with Gasteiger partial charge < -0.3 is 50.3 Å². The standard InChI is InChI=1S/C16H17NO3S.C14H13NO3S.C12H13NS.C10H11BrO.C10H12O.C6H10O4.C2H5NS.Li.H2O/c1-2-20-16(19)14(18)10-15-17-11-13(21-15)9-8-12-6-4-3-5-7-12;16-12(14(17)18)8-13-15-9-11(19-13)7-6-10-4-2-1-3-5-10;1-10-13-9-12(14-10)8-7-11-5-3-2-4-6-11;11-10(8-12)7-6-9-4-2-1-3-5-9;11-9-5-4-8-10-6-2-1-3-7-10;1-3-9-5(7)6(8)10-4-2;1-2(3)4;;/h3-7,10-11,18H,2,8-9H2,1H3;1-5,8-9,16H,6-7H2,(H,17,18);2-6,9H,7-8H2,1H3;1-5,8,10H,6-7H2;1-3,6-7,9H,4-5,8H2;3-4H2,1-2H3;1H3,(H2,3,4);;1H2/q;;;;;;;+1;/p-1/b14-10-;12-8-;;;;;;;. The van der Waals surface area contributed by atoms with Crippen LogP contribution in [0.1, 0.15) is 104 Å². The SMILES string of the molecule is CC(N)=S.CCOC(=O)/C(O)=C/c1ncc(CCc2ccccc2)s1.CCOC(=O)C(=O)OCC.Cc1ncc(CCc2ccccc2)s1.O=C(O)/C(O)=C/c1ncc(CCc2ccccc2)s1.O=CC(Br)CCc1ccccc1.O=CCCCc1ccccc1.[Li+].[OH-]. The van der Waals surface area contributed by atoms with Crippen molar-refractivity contribution in [3.8, 4) is 0 Å². The molecular weight excluding hydrogens is 1320 g/mol. The number of alkyl halides is 1. The first-order chi connectivity index (χ1) is 43.9. The molecule has 0 aliphatic rings. The van der Waals surface area contributed by atoms with Crippen LogP contribution in [0.4, 0.5) is 0 Å². The molecule has 3 heterocycles. The summed E-state index contributed by atoms with van der Waals surface area (Å²) >= 11 is 12.2. The zero-order chi connectivity index (χ0) is 66.9. The van der Waals surface area contributed by atoms with Gasteiger partial charge in [0.25, 0.3) is 0 Å². The molecular formula is C70H82BrLiN4O13S4. The number of nitrogens with zero attached hydrogens (tertiary/aromatic N) is 3. The van der Waals surface area contributed by atoms with Gasteiger partial charge in [-0.1, -0.05) is 180 Å². The number of thiazole rings is 3. The molecule has 0 spiro atoms. The number of aromatic nitrogens is 3. The zero-order valence-corrected chi connectivity index (χ0v) is 58.2. The molecule has 492 valence electrons. The first kappa shape index (κ1) is 85.2. The van der Waals surface area contributed by atoms with Gasteiger partial charge in [0.05, 0.1) is 34.6 Å². The van der Waals surface area contributed by atoms with E-state index in [9.17, 15) is 33.9 Å². The van der Waals surface area contributed by atoms with Crippen LogP contribution < -0.4 is 24.6 Å². The number of hydrogen-bond donors (Lipinski definition) is 4. The van der Waals surface area contributed by atoms with Crippen molar-refractivity contribution in [3.05, 3.63) is 239 Å². The van der Waals surface area contributed by atoms with Gasteiger partial charge in [-0.2, -0.15) is 0 Å². The van der Waals surface area contributed by atoms with Crippen molar-refractivity contribution >= 4 is 116 Å². The number of unbranched alkanes of at least 4 members (excludes halogenated alkanes) is 1. The summed E-state index contributed by atoms with van der Waals surface area (Å²) in [5.41, 5.74) is 11.4. The van der Waals surface area contributed by atoms with Crippen molar-refractivity contribution in [2.45, 2.75) is 110 Å². The number of rotatable bonds is 24. The minimum absolute atomic E-state index is 0. The molecule has 3 aromatic heterocycles. The number of aliphatic hydroxyl groups excluding tert-OH is 2. The first-order valence-electron chi connectivity index (χ1n) is 29.2. The summed E-state index contributed by atoms with van der Waals surface area (Å²) in [6.07, 6.45) is 20.2. The number of carboxylic acids is 1. The molecule has 8 rings (SSSR count). The number of esters is 3. The summed E-state index contributed by atoms with van der Waals surface area (Å²) in [5.74, 6) is -5.03. The molecule has 1 atom stereocenters. The maximum absolute atomic E-state index is 11.3. The Morgan fingerprint density at radius 3 is 1.17 bits per heavy atom. The monoisotopic (exact) mass is 1400 g/mol. The predicted octanol–water partition coefficient (Wildman–Crippen LogP) is 11.6. The summed E-state index contributed by atoms with van der Waals surface area (Å²) in [6.45, 7) is 9.28. The number of halogens is 1. The molecule has 0 amide bonds. The van der Waals surface area contributed by atoms with Gasteiger partial charge >= 0.3 is 42.7 Å². The molecule has 1 unspecified atom stereocenters. The average Bonchev–Trinajstić information content (AvgIpc) is 2.20. The van der Waals surface area contributed by atoms with Gasteiger partial charge in [0.15, 0.2) is 0 Å². The first-order valence-corrected chi connectivity index (χ1v) is 33.0. The topological polar surface area (TPSA) is 285 Å². The van der Waals surface area contributed by atoms with Crippen molar-refractivity contribution < 1.29 is 82.6 Å². The van der Waals surface area contributed by atoms with Gasteiger partial charge in [-0.15, -0.1) is 34.0 Å². The molecule has 93 heavy (non-hydrogen) atoms. The van der Waals surface area contributed by atoms with Crippen LogP contribution in [0.25, 0.3) is 12.2 Å². The minimum atomic E-state index is -1.35. The number of carboxylic acid groups (broad SMARTS) is 1. The molecule has 0 radical (unpaired) electrons. The van der Waals surface area contributed by atoms with E-state index in [0.717, 1.165) is 91.5 Å². The van der Waals surface area contributed by atoms with Crippen molar-refractivity contribution in [2.75, 3.05) is 19.8 Å². The van der Waals surface area contributed by atoms with Crippen LogP contribution in [0.2, 0.25) is 0 Å².